The van der Waals surface area contributed by atoms with E-state index in [0.717, 1.165) is 11.3 Å². The average molecular weight is 352 g/mol. The van der Waals surface area contributed by atoms with Gasteiger partial charge in [-0.3, -0.25) is 4.79 Å². The van der Waals surface area contributed by atoms with Crippen LogP contribution in [0.2, 0.25) is 0 Å². The predicted octanol–water partition coefficient (Wildman–Crippen LogP) is 3.30. The van der Waals surface area contributed by atoms with E-state index in [2.05, 4.69) is 21.2 Å². The highest BCUT2D eigenvalue weighted by Crippen LogP contribution is 2.32. The summed E-state index contributed by atoms with van der Waals surface area (Å²) in [6, 6.07) is 8.79. The Kier molecular flexibility index (Phi) is 3.88. The van der Waals surface area contributed by atoms with Gasteiger partial charge in [0.15, 0.2) is 21.9 Å². The molecule has 1 aliphatic rings. The van der Waals surface area contributed by atoms with Crippen molar-refractivity contribution in [3.8, 4) is 11.5 Å². The number of rotatable bonds is 3. The minimum absolute atomic E-state index is 0.169. The lowest BCUT2D eigenvalue weighted by Gasteiger charge is -2.20. The normalized spacial score (nSPS) is 14.6. The molecule has 0 unspecified atom stereocenters. The monoisotopic (exact) mass is 351 g/mol. The summed E-state index contributed by atoms with van der Waals surface area (Å²) in [6.45, 7) is 3.00. The van der Waals surface area contributed by atoms with E-state index >= 15 is 0 Å². The number of carbonyl (C=O) groups is 1. The maximum Gasteiger partial charge on any atom is 0.287 e. The molecule has 0 radical (unpaired) electrons. The number of furan rings is 1. The molecule has 0 spiro atoms. The summed E-state index contributed by atoms with van der Waals surface area (Å²) in [5.74, 6) is 1.45. The minimum Gasteiger partial charge on any atom is -0.486 e. The zero-order chi connectivity index (χ0) is 14.8. The summed E-state index contributed by atoms with van der Waals surface area (Å²) >= 11 is 3.18. The van der Waals surface area contributed by atoms with E-state index in [1.807, 2.05) is 25.1 Å². The first-order valence-electron chi connectivity index (χ1n) is 6.59. The molecule has 1 N–H and O–H groups in total. The van der Waals surface area contributed by atoms with Crippen LogP contribution in [0.4, 0.5) is 0 Å². The van der Waals surface area contributed by atoms with Crippen molar-refractivity contribution in [1.82, 2.24) is 5.32 Å². The zero-order valence-electron chi connectivity index (χ0n) is 11.4. The summed E-state index contributed by atoms with van der Waals surface area (Å²) in [5, 5.41) is 2.88. The van der Waals surface area contributed by atoms with Gasteiger partial charge in [0.25, 0.3) is 5.91 Å². The maximum atomic E-state index is 12.0. The molecule has 0 aliphatic carbocycles. The van der Waals surface area contributed by atoms with E-state index in [-0.39, 0.29) is 17.7 Å². The van der Waals surface area contributed by atoms with E-state index in [1.54, 1.807) is 12.1 Å². The highest BCUT2D eigenvalue weighted by atomic mass is 79.9. The standard InChI is InChI=1S/C15H14BrNO4/c1-9(17-15(18)12-4-5-14(16)21-12)10-2-3-11-13(8-10)20-7-6-19-11/h2-5,8-9H,6-7H2,1H3,(H,17,18)/t9-/m0/s1. The predicted molar refractivity (Wildman–Crippen MR) is 79.7 cm³/mol. The molecule has 2 heterocycles. The quantitative estimate of drug-likeness (QED) is 0.921. The third kappa shape index (κ3) is 3.05. The van der Waals surface area contributed by atoms with Crippen LogP contribution in [0.15, 0.2) is 39.4 Å². The molecule has 1 atom stereocenters. The maximum absolute atomic E-state index is 12.0. The first-order valence-corrected chi connectivity index (χ1v) is 7.38. The highest BCUT2D eigenvalue weighted by molar-refractivity contribution is 9.10. The molecule has 0 bridgehead atoms. The number of amides is 1. The highest BCUT2D eigenvalue weighted by Gasteiger charge is 2.17. The average Bonchev–Trinajstić information content (AvgIpc) is 2.93. The molecule has 0 saturated carbocycles. The fraction of sp³-hybridized carbons (Fsp3) is 0.267. The molecular formula is C15H14BrNO4. The van der Waals surface area contributed by atoms with Gasteiger partial charge in [-0.15, -0.1) is 0 Å². The molecule has 1 amide bonds. The molecule has 1 aliphatic heterocycles. The molecule has 3 rings (SSSR count). The smallest absolute Gasteiger partial charge is 0.287 e. The number of hydrogen-bond donors (Lipinski definition) is 1. The third-order valence-corrected chi connectivity index (χ3v) is 3.64. The molecule has 5 nitrogen and oxygen atoms in total. The molecule has 1 aromatic carbocycles. The largest absolute Gasteiger partial charge is 0.486 e. The lowest BCUT2D eigenvalue weighted by molar-refractivity contribution is 0.0910. The number of benzene rings is 1. The number of hydrogen-bond acceptors (Lipinski definition) is 4. The summed E-state index contributed by atoms with van der Waals surface area (Å²) in [5.41, 5.74) is 0.943. The van der Waals surface area contributed by atoms with Gasteiger partial charge in [-0.05, 0) is 52.7 Å². The van der Waals surface area contributed by atoms with Crippen LogP contribution >= 0.6 is 15.9 Å². The van der Waals surface area contributed by atoms with Gasteiger partial charge in [-0.1, -0.05) is 6.07 Å². The zero-order valence-corrected chi connectivity index (χ0v) is 13.0. The van der Waals surface area contributed by atoms with Crippen LogP contribution in [0, 0.1) is 0 Å². The Bertz CT molecular complexity index is 667. The lowest BCUT2D eigenvalue weighted by Crippen LogP contribution is -2.26. The van der Waals surface area contributed by atoms with Gasteiger partial charge in [-0.25, -0.2) is 0 Å². The van der Waals surface area contributed by atoms with Gasteiger partial charge in [0.1, 0.15) is 13.2 Å². The van der Waals surface area contributed by atoms with Gasteiger partial charge in [0, 0.05) is 0 Å². The van der Waals surface area contributed by atoms with Crippen molar-refractivity contribution in [2.45, 2.75) is 13.0 Å². The molecule has 21 heavy (non-hydrogen) atoms. The van der Waals surface area contributed by atoms with E-state index in [1.165, 1.54) is 0 Å². The topological polar surface area (TPSA) is 60.7 Å². The minimum atomic E-state index is -0.261. The van der Waals surface area contributed by atoms with Gasteiger partial charge in [0.2, 0.25) is 0 Å². The van der Waals surface area contributed by atoms with Crippen molar-refractivity contribution < 1.29 is 18.7 Å². The van der Waals surface area contributed by atoms with E-state index < -0.39 is 0 Å². The second kappa shape index (κ2) is 5.81. The van der Waals surface area contributed by atoms with Crippen LogP contribution in [-0.4, -0.2) is 19.1 Å². The van der Waals surface area contributed by atoms with Crippen molar-refractivity contribution in [1.29, 1.82) is 0 Å². The van der Waals surface area contributed by atoms with Crippen molar-refractivity contribution >= 4 is 21.8 Å². The van der Waals surface area contributed by atoms with Gasteiger partial charge in [-0.2, -0.15) is 0 Å². The molecule has 110 valence electrons. The van der Waals surface area contributed by atoms with Crippen LogP contribution in [0.25, 0.3) is 0 Å². The Labute approximate surface area is 130 Å². The Morgan fingerprint density at radius 2 is 1.95 bits per heavy atom. The first kappa shape index (κ1) is 14.0. The van der Waals surface area contributed by atoms with Crippen molar-refractivity contribution in [2.24, 2.45) is 0 Å². The van der Waals surface area contributed by atoms with Gasteiger partial charge in [0.05, 0.1) is 6.04 Å². The van der Waals surface area contributed by atoms with Crippen LogP contribution in [-0.2, 0) is 0 Å². The van der Waals surface area contributed by atoms with E-state index in [9.17, 15) is 4.79 Å². The van der Waals surface area contributed by atoms with Crippen molar-refractivity contribution in [2.75, 3.05) is 13.2 Å². The number of ether oxygens (including phenoxy) is 2. The van der Waals surface area contributed by atoms with E-state index in [0.29, 0.717) is 23.6 Å². The number of carbonyl (C=O) groups excluding carboxylic acids is 1. The van der Waals surface area contributed by atoms with Crippen molar-refractivity contribution in [3.05, 3.63) is 46.3 Å². The molecule has 1 aromatic heterocycles. The fourth-order valence-corrected chi connectivity index (χ4v) is 2.42. The third-order valence-electron chi connectivity index (χ3n) is 3.21. The van der Waals surface area contributed by atoms with Crippen LogP contribution in [0.3, 0.4) is 0 Å². The second-order valence-electron chi connectivity index (χ2n) is 4.70. The van der Waals surface area contributed by atoms with Crippen molar-refractivity contribution in [3.63, 3.8) is 0 Å². The Hall–Kier alpha value is -1.95. The Morgan fingerprint density at radius 1 is 1.19 bits per heavy atom. The van der Waals surface area contributed by atoms with E-state index in [4.69, 9.17) is 13.9 Å². The lowest BCUT2D eigenvalue weighted by atomic mass is 10.1. The Balaban J connectivity index is 1.73. The fourth-order valence-electron chi connectivity index (χ4n) is 2.12. The molecule has 6 heteroatoms. The molecule has 0 fully saturated rings. The number of nitrogens with one attached hydrogen (secondary N) is 1. The SMILES string of the molecule is C[C@H](NC(=O)c1ccc(Br)o1)c1ccc2c(c1)OCCO2. The number of halogens is 1. The summed E-state index contributed by atoms with van der Waals surface area (Å²) in [7, 11) is 0. The first-order chi connectivity index (χ1) is 10.1. The summed E-state index contributed by atoms with van der Waals surface area (Å²) < 4.78 is 16.8. The second-order valence-corrected chi connectivity index (χ2v) is 5.48. The van der Waals surface area contributed by atoms with Crippen LogP contribution in [0.5, 0.6) is 11.5 Å². The van der Waals surface area contributed by atoms with Crippen LogP contribution in [0.1, 0.15) is 29.1 Å². The molecular weight excluding hydrogens is 338 g/mol. The molecule has 2 aromatic rings. The van der Waals surface area contributed by atoms with Gasteiger partial charge < -0.3 is 19.2 Å². The Morgan fingerprint density at radius 3 is 2.67 bits per heavy atom. The van der Waals surface area contributed by atoms with Gasteiger partial charge >= 0.3 is 0 Å². The van der Waals surface area contributed by atoms with Crippen LogP contribution < -0.4 is 14.8 Å². The molecule has 0 saturated heterocycles. The summed E-state index contributed by atoms with van der Waals surface area (Å²) in [6.07, 6.45) is 0. The number of fused-ring (bicyclic) bond motifs is 1. The summed E-state index contributed by atoms with van der Waals surface area (Å²) in [4.78, 5) is 12.0.